The lowest BCUT2D eigenvalue weighted by atomic mass is 9.86. The fraction of sp³-hybridized carbons (Fsp3) is 0.538. The van der Waals surface area contributed by atoms with Crippen LogP contribution in [0.3, 0.4) is 0 Å². The van der Waals surface area contributed by atoms with E-state index in [4.69, 9.17) is 4.74 Å². The molecule has 0 spiro atoms. The van der Waals surface area contributed by atoms with E-state index < -0.39 is 0 Å². The Hall–Kier alpha value is -1.24. The van der Waals surface area contributed by atoms with E-state index in [-0.39, 0.29) is 18.1 Å². The second-order valence-corrected chi connectivity index (χ2v) is 6.25. The second-order valence-electron chi connectivity index (χ2n) is 5.36. The molecule has 3 aliphatic heterocycles. The van der Waals surface area contributed by atoms with E-state index >= 15 is 0 Å². The number of likely N-dealkylation sites (tertiary alicyclic amines) is 1. The number of hydrogen-bond acceptors (Lipinski definition) is 5. The van der Waals surface area contributed by atoms with Crippen LogP contribution in [0.4, 0.5) is 5.13 Å². The summed E-state index contributed by atoms with van der Waals surface area (Å²) in [7, 11) is 0. The minimum Gasteiger partial charge on any atom is -0.366 e. The number of carbonyl (C=O) groups excluding carboxylic acids is 1. The summed E-state index contributed by atoms with van der Waals surface area (Å²) >= 11 is 1.45. The normalized spacial score (nSPS) is 35.8. The van der Waals surface area contributed by atoms with Crippen molar-refractivity contribution in [3.8, 4) is 0 Å². The van der Waals surface area contributed by atoms with Gasteiger partial charge in [-0.25, -0.2) is 4.98 Å². The molecule has 6 heteroatoms. The first-order valence-electron chi connectivity index (χ1n) is 6.55. The third-order valence-electron chi connectivity index (χ3n) is 4.18. The topological polar surface area (TPSA) is 54.5 Å². The van der Waals surface area contributed by atoms with E-state index in [2.05, 4.69) is 27.4 Å². The molecule has 1 N–H and O–H groups in total. The lowest BCUT2D eigenvalue weighted by molar-refractivity contribution is -0.117. The Morgan fingerprint density at radius 2 is 2.16 bits per heavy atom. The number of nitrogens with one attached hydrogen (secondary N) is 1. The molecule has 2 saturated heterocycles. The van der Waals surface area contributed by atoms with Crippen LogP contribution >= 0.6 is 11.3 Å². The van der Waals surface area contributed by atoms with Crippen LogP contribution < -0.4 is 5.32 Å². The predicted octanol–water partition coefficient (Wildman–Crippen LogP) is 0.967. The molecule has 2 fully saturated rings. The third kappa shape index (κ3) is 2.00. The smallest absolute Gasteiger partial charge is 0.240 e. The van der Waals surface area contributed by atoms with Crippen LogP contribution in [0.5, 0.6) is 0 Å². The van der Waals surface area contributed by atoms with Crippen molar-refractivity contribution in [3.63, 3.8) is 0 Å². The van der Waals surface area contributed by atoms with Gasteiger partial charge in [-0.2, -0.15) is 0 Å². The van der Waals surface area contributed by atoms with E-state index in [9.17, 15) is 4.79 Å². The van der Waals surface area contributed by atoms with Gasteiger partial charge in [-0.1, -0.05) is 12.2 Å². The summed E-state index contributed by atoms with van der Waals surface area (Å²) in [5.41, 5.74) is 0. The minimum atomic E-state index is 0.0242. The van der Waals surface area contributed by atoms with Gasteiger partial charge in [0.25, 0.3) is 0 Å². The van der Waals surface area contributed by atoms with Crippen LogP contribution in [0, 0.1) is 11.8 Å². The maximum Gasteiger partial charge on any atom is 0.240 e. The van der Waals surface area contributed by atoms with Gasteiger partial charge in [-0.05, 0) is 0 Å². The van der Waals surface area contributed by atoms with Crippen LogP contribution in [-0.2, 0) is 9.53 Å². The zero-order valence-corrected chi connectivity index (χ0v) is 11.2. The Balaban J connectivity index is 1.34. The molecule has 4 unspecified atom stereocenters. The lowest BCUT2D eigenvalue weighted by Gasteiger charge is -2.17. The van der Waals surface area contributed by atoms with Gasteiger partial charge in [0, 0.05) is 36.5 Å². The number of nitrogens with zero attached hydrogens (tertiary/aromatic N) is 2. The van der Waals surface area contributed by atoms with E-state index in [0.717, 1.165) is 13.1 Å². The summed E-state index contributed by atoms with van der Waals surface area (Å²) in [6.45, 7) is 2.37. The highest BCUT2D eigenvalue weighted by molar-refractivity contribution is 7.13. The van der Waals surface area contributed by atoms with E-state index in [1.54, 1.807) is 6.20 Å². The van der Waals surface area contributed by atoms with Gasteiger partial charge in [-0.15, -0.1) is 11.3 Å². The number of ether oxygens (including phenoxy) is 1. The van der Waals surface area contributed by atoms with Gasteiger partial charge in [0.1, 0.15) is 0 Å². The highest BCUT2D eigenvalue weighted by atomic mass is 32.1. The highest BCUT2D eigenvalue weighted by Crippen LogP contribution is 2.43. The van der Waals surface area contributed by atoms with E-state index in [0.29, 0.717) is 23.5 Å². The van der Waals surface area contributed by atoms with Gasteiger partial charge in [-0.3, -0.25) is 9.69 Å². The Kier molecular flexibility index (Phi) is 2.68. The minimum absolute atomic E-state index is 0.0242. The van der Waals surface area contributed by atoms with Crippen molar-refractivity contribution in [2.45, 2.75) is 12.2 Å². The number of carbonyl (C=O) groups is 1. The first kappa shape index (κ1) is 11.6. The molecule has 0 saturated carbocycles. The Morgan fingerprint density at radius 3 is 2.79 bits per heavy atom. The van der Waals surface area contributed by atoms with Gasteiger partial charge < -0.3 is 10.1 Å². The summed E-state index contributed by atoms with van der Waals surface area (Å²) in [5.74, 6) is 1.17. The molecule has 19 heavy (non-hydrogen) atoms. The number of hydrogen-bond donors (Lipinski definition) is 1. The standard InChI is InChI=1S/C13H15N3O2S/c17-12(15-13-14-3-4-19-13)7-16-5-8-9(6-16)11-2-1-10(8)18-11/h1-4,8-11H,5-7H2,(H,14,15,17). The van der Waals surface area contributed by atoms with Gasteiger partial charge in [0.15, 0.2) is 5.13 Å². The van der Waals surface area contributed by atoms with Crippen LogP contribution in [0.2, 0.25) is 0 Å². The largest absolute Gasteiger partial charge is 0.366 e. The molecule has 0 radical (unpaired) electrons. The van der Waals surface area contributed by atoms with Crippen LogP contribution in [0.15, 0.2) is 23.7 Å². The molecule has 4 rings (SSSR count). The summed E-state index contributed by atoms with van der Waals surface area (Å²) < 4.78 is 5.83. The SMILES string of the molecule is O=C(CN1CC2C3C=CC(O3)C2C1)Nc1nccs1. The van der Waals surface area contributed by atoms with Crippen LogP contribution in [0.25, 0.3) is 0 Å². The van der Waals surface area contributed by atoms with Gasteiger partial charge >= 0.3 is 0 Å². The number of amides is 1. The fourth-order valence-electron chi connectivity index (χ4n) is 3.39. The molecule has 4 atom stereocenters. The Labute approximate surface area is 115 Å². The first-order valence-corrected chi connectivity index (χ1v) is 7.43. The molecule has 0 aliphatic carbocycles. The first-order chi connectivity index (χ1) is 9.29. The lowest BCUT2D eigenvalue weighted by Crippen LogP contribution is -2.33. The van der Waals surface area contributed by atoms with Crippen molar-refractivity contribution in [2.24, 2.45) is 11.8 Å². The van der Waals surface area contributed by atoms with E-state index in [1.807, 2.05) is 5.38 Å². The summed E-state index contributed by atoms with van der Waals surface area (Å²) in [5, 5.41) is 5.37. The maximum absolute atomic E-state index is 11.9. The second kappa shape index (κ2) is 4.40. The van der Waals surface area contributed by atoms with Gasteiger partial charge in [0.2, 0.25) is 5.91 Å². The van der Waals surface area contributed by atoms with Crippen LogP contribution in [0.1, 0.15) is 0 Å². The average molecular weight is 277 g/mol. The molecule has 100 valence electrons. The summed E-state index contributed by atoms with van der Waals surface area (Å²) in [6, 6.07) is 0. The quantitative estimate of drug-likeness (QED) is 0.836. The average Bonchev–Trinajstić information content (AvgIpc) is 3.10. The number of thiazole rings is 1. The molecule has 3 aliphatic rings. The van der Waals surface area contributed by atoms with Crippen molar-refractivity contribution in [1.82, 2.24) is 9.88 Å². The molecule has 1 amide bonds. The molecule has 2 bridgehead atoms. The monoisotopic (exact) mass is 277 g/mol. The zero-order chi connectivity index (χ0) is 12.8. The molecule has 5 nitrogen and oxygen atoms in total. The van der Waals surface area contributed by atoms with Crippen molar-refractivity contribution in [3.05, 3.63) is 23.7 Å². The molecule has 1 aromatic heterocycles. The Morgan fingerprint density at radius 1 is 1.42 bits per heavy atom. The molecular formula is C13H15N3O2S. The molecule has 4 heterocycles. The van der Waals surface area contributed by atoms with Crippen LogP contribution in [-0.4, -0.2) is 47.6 Å². The fourth-order valence-corrected chi connectivity index (χ4v) is 3.94. The van der Waals surface area contributed by atoms with Crippen molar-refractivity contribution in [2.75, 3.05) is 25.0 Å². The molecule has 0 aromatic carbocycles. The number of anilines is 1. The van der Waals surface area contributed by atoms with Crippen molar-refractivity contribution < 1.29 is 9.53 Å². The summed E-state index contributed by atoms with van der Waals surface area (Å²) in [4.78, 5) is 18.2. The van der Waals surface area contributed by atoms with E-state index in [1.165, 1.54) is 11.3 Å². The zero-order valence-electron chi connectivity index (χ0n) is 10.4. The predicted molar refractivity (Wildman–Crippen MR) is 72.0 cm³/mol. The summed E-state index contributed by atoms with van der Waals surface area (Å²) in [6.07, 6.45) is 6.60. The highest BCUT2D eigenvalue weighted by Gasteiger charge is 2.50. The van der Waals surface area contributed by atoms with Crippen molar-refractivity contribution >= 4 is 22.4 Å². The number of aromatic nitrogens is 1. The Bertz CT molecular complexity index is 496. The molecule has 1 aromatic rings. The molecular weight excluding hydrogens is 262 g/mol. The maximum atomic E-state index is 11.9. The third-order valence-corrected chi connectivity index (χ3v) is 4.87. The van der Waals surface area contributed by atoms with Crippen molar-refractivity contribution in [1.29, 1.82) is 0 Å². The van der Waals surface area contributed by atoms with Gasteiger partial charge in [0.05, 0.1) is 18.8 Å². The number of rotatable bonds is 3. The number of fused-ring (bicyclic) bond motifs is 5.